The molecule has 3 aromatic heterocycles. The van der Waals surface area contributed by atoms with E-state index in [1.54, 1.807) is 36.5 Å². The van der Waals surface area contributed by atoms with Crippen molar-refractivity contribution in [2.75, 3.05) is 75.1 Å². The van der Waals surface area contributed by atoms with E-state index in [-0.39, 0.29) is 79.9 Å². The molecule has 3 aliphatic heterocycles. The number of para-hydroxylation sites is 1. The maximum Gasteiger partial charge on any atom is 0.410 e. The van der Waals surface area contributed by atoms with E-state index in [9.17, 15) is 82.5 Å². The number of imide groups is 1. The number of aromatic nitrogens is 4. The molecule has 1 saturated heterocycles. The van der Waals surface area contributed by atoms with Gasteiger partial charge in [0.25, 0.3) is 27.8 Å². The second kappa shape index (κ2) is 34.5. The third kappa shape index (κ3) is 19.1. The van der Waals surface area contributed by atoms with Gasteiger partial charge in [0.15, 0.2) is 10.8 Å². The SMILES string of the molecule is Cc1c(-c2ccc(N3CCc4cccc(C(=O)Nc5nc6ccccc6s5)c4C3)nc2C(=O)O)cnn1CC1(C)CC2(C)CC(C)CC(OCCN(CCC(O)CO)C(=O)OCc3ccc(CCCCNC(=O)CN4C(=O)[C@@H](N5C(=O)C=CC5=O)C[C@H]4COCCS(=O)(=O)O)cc3O[C@@H]3C[C@H](C(=O)O)[C@@H](O)[C@H](O)[C@H]3O)(C2)C1. The lowest BCUT2D eigenvalue weighted by molar-refractivity contribution is -0.179. The van der Waals surface area contributed by atoms with Crippen LogP contribution in [0.25, 0.3) is 21.3 Å². The first-order chi connectivity index (χ1) is 53.3. The second-order valence-electron chi connectivity index (χ2n) is 31.3. The molecule has 3 aliphatic carbocycles. The average molecular weight is 1590 g/mol. The number of aliphatic hydroxyl groups is 5. The van der Waals surface area contributed by atoms with Crippen LogP contribution < -0.4 is 20.3 Å². The van der Waals surface area contributed by atoms with E-state index < -0.39 is 150 Å². The first-order valence-electron chi connectivity index (χ1n) is 37.6. The van der Waals surface area contributed by atoms with Crippen molar-refractivity contribution in [3.05, 3.63) is 130 Å². The number of unbranched alkanes of at least 4 members (excludes halogenated alkanes) is 1. The van der Waals surface area contributed by atoms with Gasteiger partial charge in [-0.3, -0.25) is 48.2 Å². The molecular formula is C78H96N10O22S2. The smallest absolute Gasteiger partial charge is 0.410 e. The number of carbonyl (C=O) groups is 8. The van der Waals surface area contributed by atoms with Crippen molar-refractivity contribution in [3.63, 3.8) is 0 Å². The number of carboxylic acid groups (broad SMARTS) is 2. The summed E-state index contributed by atoms with van der Waals surface area (Å²) in [6.45, 7) is 7.82. The molecule has 34 heteroatoms. The number of aromatic carboxylic acids is 1. The Morgan fingerprint density at radius 2 is 1.64 bits per heavy atom. The molecule has 12 rings (SSSR count). The number of benzene rings is 3. The van der Waals surface area contributed by atoms with Crippen molar-refractivity contribution in [1.29, 1.82) is 0 Å². The summed E-state index contributed by atoms with van der Waals surface area (Å²) in [5.41, 5.74) is 4.40. The predicted molar refractivity (Wildman–Crippen MR) is 405 cm³/mol. The molecule has 5 unspecified atom stereocenters. The largest absolute Gasteiger partial charge is 0.487 e. The highest BCUT2D eigenvalue weighted by molar-refractivity contribution is 7.85. The van der Waals surface area contributed by atoms with Crippen molar-refractivity contribution >= 4 is 90.2 Å². The van der Waals surface area contributed by atoms with Gasteiger partial charge in [-0.1, -0.05) is 68.5 Å². The number of thiazole rings is 1. The molecule has 602 valence electrons. The second-order valence-corrected chi connectivity index (χ2v) is 33.9. The van der Waals surface area contributed by atoms with Crippen LogP contribution in [0.2, 0.25) is 0 Å². The zero-order chi connectivity index (χ0) is 80.1. The maximum absolute atomic E-state index is 14.4. The number of rotatable bonds is 33. The van der Waals surface area contributed by atoms with Gasteiger partial charge < -0.3 is 74.7 Å². The maximum atomic E-state index is 14.4. The van der Waals surface area contributed by atoms with Crippen molar-refractivity contribution < 1.29 is 106 Å². The number of aliphatic carboxylic acids is 1. The van der Waals surface area contributed by atoms with Crippen molar-refractivity contribution in [2.45, 2.75) is 173 Å². The number of hydrogen-bond acceptors (Lipinski definition) is 24. The number of carboxylic acids is 2. The number of hydrogen-bond donors (Lipinski definition) is 10. The molecule has 3 saturated carbocycles. The highest BCUT2D eigenvalue weighted by Crippen LogP contribution is 2.60. The van der Waals surface area contributed by atoms with Gasteiger partial charge in [0, 0.05) is 92.2 Å². The lowest BCUT2D eigenvalue weighted by Gasteiger charge is -2.58. The average Bonchev–Trinajstić information content (AvgIpc) is 1.42. The first kappa shape index (κ1) is 82.1. The molecule has 6 aromatic rings. The zero-order valence-corrected chi connectivity index (χ0v) is 64.4. The number of carbonyl (C=O) groups excluding carboxylic acids is 6. The van der Waals surface area contributed by atoms with Crippen LogP contribution in [0.1, 0.15) is 134 Å². The summed E-state index contributed by atoms with van der Waals surface area (Å²) in [5.74, 6) is -7.14. The number of amides is 6. The Balaban J connectivity index is 0.690. The highest BCUT2D eigenvalue weighted by Gasteiger charge is 2.56. The Kier molecular flexibility index (Phi) is 25.3. The Morgan fingerprint density at radius 3 is 2.38 bits per heavy atom. The van der Waals surface area contributed by atoms with Gasteiger partial charge in [-0.15, -0.1) is 0 Å². The van der Waals surface area contributed by atoms with Crippen molar-refractivity contribution in [1.82, 2.24) is 39.8 Å². The molecule has 32 nitrogen and oxygen atoms in total. The Bertz CT molecular complexity index is 4640. The van der Waals surface area contributed by atoms with E-state index in [4.69, 9.17) is 33.6 Å². The van der Waals surface area contributed by atoms with Crippen LogP contribution in [0.4, 0.5) is 15.7 Å². The summed E-state index contributed by atoms with van der Waals surface area (Å²) in [4.78, 5) is 121. The van der Waals surface area contributed by atoms with Crippen LogP contribution in [0.15, 0.2) is 91.1 Å². The number of ether oxygens (including phenoxy) is 4. The lowest BCUT2D eigenvalue weighted by Crippen LogP contribution is -2.57. The summed E-state index contributed by atoms with van der Waals surface area (Å²) in [6.07, 6.45) is -0.0796. The number of likely N-dealkylation sites (tertiary alicyclic amines) is 1. The molecule has 10 N–H and O–H groups in total. The summed E-state index contributed by atoms with van der Waals surface area (Å²) < 4.78 is 59.4. The van der Waals surface area contributed by atoms with E-state index in [0.717, 1.165) is 68.3 Å². The minimum Gasteiger partial charge on any atom is -0.487 e. The fourth-order valence-corrected chi connectivity index (χ4v) is 18.8. The van der Waals surface area contributed by atoms with Crippen LogP contribution in [0.3, 0.4) is 0 Å². The predicted octanol–water partition coefficient (Wildman–Crippen LogP) is 5.31. The minimum absolute atomic E-state index is 0.000939. The number of aryl methyl sites for hydroxylation is 1. The normalized spacial score (nSPS) is 25.3. The number of fused-ring (bicyclic) bond motifs is 4. The summed E-state index contributed by atoms with van der Waals surface area (Å²) >= 11 is 1.39. The molecule has 6 amide bonds. The molecule has 112 heavy (non-hydrogen) atoms. The molecule has 0 spiro atoms. The summed E-state index contributed by atoms with van der Waals surface area (Å²) in [6, 6.07) is 19.7. The molecule has 0 radical (unpaired) electrons. The van der Waals surface area contributed by atoms with Gasteiger partial charge in [0.05, 0.1) is 84.9 Å². The third-order valence-electron chi connectivity index (χ3n) is 22.3. The van der Waals surface area contributed by atoms with Crippen molar-refractivity contribution in [2.24, 2.45) is 22.7 Å². The fraction of sp³-hybridized carbons (Fsp3) is 0.526. The van der Waals surface area contributed by atoms with E-state index in [1.807, 2.05) is 59.0 Å². The van der Waals surface area contributed by atoms with Gasteiger partial charge in [0.2, 0.25) is 11.8 Å². The van der Waals surface area contributed by atoms with Crippen LogP contribution >= 0.6 is 11.3 Å². The molecule has 6 heterocycles. The Labute approximate surface area is 650 Å². The first-order valence-corrected chi connectivity index (χ1v) is 40.1. The standard InChI is InChI=1S/C78H96N10O22S2/c1-45-33-76(3)41-77(4,44-87-46(2)55(35-80-87)52-17-18-62(82-66(52)73(101)102)85-24-21-48-11-9-12-53(56(48)36-85)70(97)83-74-81-57-13-5-6-14-61(57)111-74)43-78(34-45,42-76)109-27-26-84(25-22-51(90)38-89)75(103)108-39-49-16-15-47(30-59(49)110-60-32-54(72(99)100)67(94)69(96)68(60)95)10-7-8-23-79-63(91)37-86-50(40-107-28-29-112(104,105)106)31-58(71(86)98)88-64(92)19-20-65(88)93/h5-6,9,11-20,30,35,45,50-51,54,58,60,67-69,89-90,94-96H,7-8,10,21-29,31-34,36-44H2,1-4H3,(H,79,91)(H,99,100)(H,101,102)(H,81,83,97)(H,104,105,106)/t45?,50-,51?,54-,58-,60+,67+,68-,69-,76?,77?,78?/m0/s1. The zero-order valence-electron chi connectivity index (χ0n) is 62.7. The van der Waals surface area contributed by atoms with Gasteiger partial charge in [-0.2, -0.15) is 13.5 Å². The fourth-order valence-electron chi connectivity index (χ4n) is 17.6. The molecule has 2 bridgehead atoms. The molecular weight excluding hydrogens is 1490 g/mol. The van der Waals surface area contributed by atoms with E-state index >= 15 is 0 Å². The highest BCUT2D eigenvalue weighted by atomic mass is 32.2. The van der Waals surface area contributed by atoms with Gasteiger partial charge in [-0.05, 0) is 141 Å². The van der Waals surface area contributed by atoms with Crippen LogP contribution in [0, 0.1) is 29.6 Å². The third-order valence-corrected chi connectivity index (χ3v) is 23.9. The minimum atomic E-state index is -4.37. The number of anilines is 2. The molecule has 12 atom stereocenters. The Hall–Kier alpha value is -9.36. The van der Waals surface area contributed by atoms with Gasteiger partial charge in [0.1, 0.15) is 42.5 Å². The van der Waals surface area contributed by atoms with Gasteiger partial charge in [-0.25, -0.2) is 19.6 Å². The molecule has 6 aliphatic rings. The van der Waals surface area contributed by atoms with Gasteiger partial charge >= 0.3 is 18.0 Å². The number of nitrogens with zero attached hydrogens (tertiary/aromatic N) is 8. The monoisotopic (exact) mass is 1590 g/mol. The number of aliphatic hydroxyl groups excluding tert-OH is 5. The van der Waals surface area contributed by atoms with E-state index in [2.05, 4.69) is 36.4 Å². The van der Waals surface area contributed by atoms with Crippen LogP contribution in [0.5, 0.6) is 5.75 Å². The Morgan fingerprint density at radius 1 is 0.866 bits per heavy atom. The van der Waals surface area contributed by atoms with E-state index in [0.29, 0.717) is 91.4 Å². The van der Waals surface area contributed by atoms with Crippen LogP contribution in [-0.4, -0.2) is 244 Å². The molecule has 4 fully saturated rings. The lowest BCUT2D eigenvalue weighted by atomic mass is 9.51. The number of pyridine rings is 1. The molecule has 3 aromatic carbocycles. The van der Waals surface area contributed by atoms with E-state index in [1.165, 1.54) is 16.2 Å². The van der Waals surface area contributed by atoms with Crippen molar-refractivity contribution in [3.8, 4) is 16.9 Å². The topological polar surface area (TPSA) is 450 Å². The summed E-state index contributed by atoms with van der Waals surface area (Å²) in [7, 11) is -4.37. The quantitative estimate of drug-likeness (QED) is 0.0142. The van der Waals surface area contributed by atoms with Crippen LogP contribution in [-0.2, 0) is 80.8 Å². The summed E-state index contributed by atoms with van der Waals surface area (Å²) in [5, 5.41) is 85.0. The number of nitrogens with one attached hydrogen (secondary N) is 2.